The highest BCUT2D eigenvalue weighted by Gasteiger charge is 2.39. The van der Waals surface area contributed by atoms with Crippen molar-refractivity contribution in [1.82, 2.24) is 5.32 Å². The van der Waals surface area contributed by atoms with Gasteiger partial charge in [-0.1, -0.05) is 0 Å². The normalized spacial score (nSPS) is 22.6. The van der Waals surface area contributed by atoms with Crippen LogP contribution < -0.4 is 5.32 Å². The van der Waals surface area contributed by atoms with Crippen LogP contribution in [0, 0.1) is 11.6 Å². The minimum Gasteiger partial charge on any atom is -0.452 e. The number of hydrogen-bond donors (Lipinski definition) is 1. The summed E-state index contributed by atoms with van der Waals surface area (Å²) in [6, 6.07) is 2.47. The molecule has 1 heterocycles. The van der Waals surface area contributed by atoms with E-state index in [1.54, 1.807) is 6.92 Å². The van der Waals surface area contributed by atoms with Gasteiger partial charge in [-0.25, -0.2) is 22.0 Å². The van der Waals surface area contributed by atoms with Crippen LogP contribution in [0.15, 0.2) is 18.2 Å². The van der Waals surface area contributed by atoms with Gasteiger partial charge < -0.3 is 10.1 Å². The molecule has 2 rings (SSSR count). The quantitative estimate of drug-likeness (QED) is 0.815. The number of sulfone groups is 1. The van der Waals surface area contributed by atoms with Crippen molar-refractivity contribution < 1.29 is 31.5 Å². The predicted molar refractivity (Wildman–Crippen MR) is 76.5 cm³/mol. The van der Waals surface area contributed by atoms with E-state index < -0.39 is 45.5 Å². The average Bonchev–Trinajstić information content (AvgIpc) is 2.72. The Morgan fingerprint density at radius 2 is 2.00 bits per heavy atom. The summed E-state index contributed by atoms with van der Waals surface area (Å²) in [6.45, 7) is 0.945. The van der Waals surface area contributed by atoms with Gasteiger partial charge in [0.25, 0.3) is 5.91 Å². The number of carbonyl (C=O) groups is 2. The van der Waals surface area contributed by atoms with Gasteiger partial charge in [0.15, 0.2) is 28.1 Å². The molecule has 1 amide bonds. The van der Waals surface area contributed by atoms with Crippen LogP contribution in [0.25, 0.3) is 0 Å². The third-order valence-electron chi connectivity index (χ3n) is 3.43. The molecule has 0 aromatic heterocycles. The van der Waals surface area contributed by atoms with E-state index in [1.165, 1.54) is 0 Å². The number of esters is 1. The Morgan fingerprint density at radius 3 is 2.57 bits per heavy atom. The molecule has 9 heteroatoms. The van der Waals surface area contributed by atoms with Crippen molar-refractivity contribution in [2.75, 3.05) is 18.1 Å². The van der Waals surface area contributed by atoms with Crippen molar-refractivity contribution in [1.29, 1.82) is 0 Å². The highest BCUT2D eigenvalue weighted by molar-refractivity contribution is 7.91. The number of ether oxygens (including phenoxy) is 1. The van der Waals surface area contributed by atoms with Gasteiger partial charge in [-0.15, -0.1) is 0 Å². The monoisotopic (exact) mass is 347 g/mol. The third kappa shape index (κ3) is 4.47. The van der Waals surface area contributed by atoms with Gasteiger partial charge in [-0.2, -0.15) is 0 Å². The number of benzene rings is 1. The zero-order valence-electron chi connectivity index (χ0n) is 12.3. The fraction of sp³-hybridized carbons (Fsp3) is 0.429. The molecule has 0 unspecified atom stereocenters. The second-order valence-corrected chi connectivity index (χ2v) is 7.84. The molecule has 0 spiro atoms. The van der Waals surface area contributed by atoms with E-state index in [2.05, 4.69) is 5.32 Å². The molecule has 0 radical (unpaired) electrons. The second kappa shape index (κ2) is 6.23. The van der Waals surface area contributed by atoms with Gasteiger partial charge in [0.1, 0.15) is 0 Å². The Labute approximate surface area is 131 Å². The van der Waals surface area contributed by atoms with E-state index in [0.29, 0.717) is 6.07 Å². The maximum atomic E-state index is 13.0. The SMILES string of the molecule is C[C@@]1(NC(=O)COC(=O)c2ccc(F)c(F)c2)CCS(=O)(=O)C1. The standard InChI is InChI=1S/C14H15F2NO5S/c1-14(4-5-23(20,21)8-14)17-12(18)7-22-13(19)9-2-3-10(15)11(16)6-9/h2-3,6H,4-5,7-8H2,1H3,(H,17,18)/t14-/m1/s1. The highest BCUT2D eigenvalue weighted by atomic mass is 32.2. The Bertz CT molecular complexity index is 750. The van der Waals surface area contributed by atoms with Gasteiger partial charge in [0, 0.05) is 0 Å². The van der Waals surface area contributed by atoms with E-state index in [0.717, 1.165) is 12.1 Å². The summed E-state index contributed by atoms with van der Waals surface area (Å²) in [5, 5.41) is 2.51. The summed E-state index contributed by atoms with van der Waals surface area (Å²) < 4.78 is 53.4. The molecule has 126 valence electrons. The highest BCUT2D eigenvalue weighted by Crippen LogP contribution is 2.22. The van der Waals surface area contributed by atoms with Crippen LogP contribution in [0.2, 0.25) is 0 Å². The molecule has 23 heavy (non-hydrogen) atoms. The molecule has 0 bridgehead atoms. The van der Waals surface area contributed by atoms with Crippen molar-refractivity contribution in [3.63, 3.8) is 0 Å². The van der Waals surface area contributed by atoms with E-state index in [1.807, 2.05) is 0 Å². The molecule has 1 atom stereocenters. The average molecular weight is 347 g/mol. The molecule has 1 aromatic rings. The number of halogens is 2. The summed E-state index contributed by atoms with van der Waals surface area (Å²) in [6.07, 6.45) is 0.276. The minimum atomic E-state index is -3.18. The minimum absolute atomic E-state index is 0.0155. The molecule has 6 nitrogen and oxygen atoms in total. The first-order chi connectivity index (χ1) is 10.6. The van der Waals surface area contributed by atoms with Gasteiger partial charge >= 0.3 is 5.97 Å². The van der Waals surface area contributed by atoms with Crippen LogP contribution in [-0.4, -0.2) is 43.9 Å². The largest absolute Gasteiger partial charge is 0.452 e. The molecule has 1 aliphatic rings. The first kappa shape index (κ1) is 17.3. The second-order valence-electron chi connectivity index (χ2n) is 5.66. The number of carbonyl (C=O) groups excluding carboxylic acids is 2. The maximum absolute atomic E-state index is 13.0. The topological polar surface area (TPSA) is 89.5 Å². The number of amides is 1. The van der Waals surface area contributed by atoms with Gasteiger partial charge in [0.2, 0.25) is 0 Å². The molecular weight excluding hydrogens is 332 g/mol. The molecule has 1 aliphatic heterocycles. The Kier molecular flexibility index (Phi) is 4.69. The van der Waals surface area contributed by atoms with Crippen molar-refractivity contribution in [2.45, 2.75) is 18.9 Å². The van der Waals surface area contributed by atoms with Crippen LogP contribution >= 0.6 is 0 Å². The summed E-state index contributed by atoms with van der Waals surface area (Å²) in [7, 11) is -3.18. The van der Waals surface area contributed by atoms with Crippen molar-refractivity contribution in [2.24, 2.45) is 0 Å². The van der Waals surface area contributed by atoms with Crippen molar-refractivity contribution in [3.05, 3.63) is 35.4 Å². The maximum Gasteiger partial charge on any atom is 0.338 e. The summed E-state index contributed by atoms with van der Waals surface area (Å²) in [4.78, 5) is 23.4. The molecule has 1 saturated heterocycles. The van der Waals surface area contributed by atoms with Crippen molar-refractivity contribution >= 4 is 21.7 Å². The number of rotatable bonds is 4. The molecular formula is C14H15F2NO5S. The van der Waals surface area contributed by atoms with Crippen LogP contribution in [0.4, 0.5) is 8.78 Å². The fourth-order valence-corrected chi connectivity index (χ4v) is 4.41. The first-order valence-electron chi connectivity index (χ1n) is 6.74. The lowest BCUT2D eigenvalue weighted by atomic mass is 10.0. The molecule has 0 saturated carbocycles. The van der Waals surface area contributed by atoms with Crippen LogP contribution in [0.1, 0.15) is 23.7 Å². The van der Waals surface area contributed by atoms with Crippen molar-refractivity contribution in [3.8, 4) is 0 Å². The van der Waals surface area contributed by atoms with Crippen LogP contribution in [-0.2, 0) is 19.4 Å². The van der Waals surface area contributed by atoms with E-state index in [9.17, 15) is 26.8 Å². The Hall–Kier alpha value is -2.03. The van der Waals surface area contributed by atoms with E-state index in [4.69, 9.17) is 4.74 Å². The molecule has 1 fully saturated rings. The van der Waals surface area contributed by atoms with E-state index >= 15 is 0 Å². The first-order valence-corrected chi connectivity index (χ1v) is 8.56. The fourth-order valence-electron chi connectivity index (χ4n) is 2.32. The number of hydrogen-bond acceptors (Lipinski definition) is 5. The van der Waals surface area contributed by atoms with Gasteiger partial charge in [-0.05, 0) is 31.5 Å². The van der Waals surface area contributed by atoms with Crippen LogP contribution in [0.5, 0.6) is 0 Å². The van der Waals surface area contributed by atoms with Crippen LogP contribution in [0.3, 0.4) is 0 Å². The van der Waals surface area contributed by atoms with Gasteiger partial charge in [0.05, 0.1) is 22.6 Å². The zero-order chi connectivity index (χ0) is 17.3. The summed E-state index contributed by atoms with van der Waals surface area (Å²) in [5.41, 5.74) is -1.13. The third-order valence-corrected chi connectivity index (χ3v) is 5.34. The van der Waals surface area contributed by atoms with Gasteiger partial charge in [-0.3, -0.25) is 4.79 Å². The molecule has 0 aliphatic carbocycles. The lowest BCUT2D eigenvalue weighted by molar-refractivity contribution is -0.125. The predicted octanol–water partition coefficient (Wildman–Crippen LogP) is 0.815. The Morgan fingerprint density at radius 1 is 1.30 bits per heavy atom. The Balaban J connectivity index is 1.89. The smallest absolute Gasteiger partial charge is 0.338 e. The summed E-state index contributed by atoms with van der Waals surface area (Å²) in [5.74, 6) is -4.15. The van der Waals surface area contributed by atoms with E-state index in [-0.39, 0.29) is 23.5 Å². The number of nitrogens with one attached hydrogen (secondary N) is 1. The lowest BCUT2D eigenvalue weighted by Gasteiger charge is -2.23. The molecule has 1 aromatic carbocycles. The summed E-state index contributed by atoms with van der Waals surface area (Å²) >= 11 is 0. The zero-order valence-corrected chi connectivity index (χ0v) is 13.1. The molecule has 1 N–H and O–H groups in total. The lowest BCUT2D eigenvalue weighted by Crippen LogP contribution is -2.48.